The van der Waals surface area contributed by atoms with Crippen LogP contribution in [0.1, 0.15) is 70.6 Å². The quantitative estimate of drug-likeness (QED) is 0.630. The van der Waals surface area contributed by atoms with Crippen LogP contribution in [0, 0.1) is 11.8 Å². The van der Waals surface area contributed by atoms with E-state index in [9.17, 15) is 4.79 Å². The molecule has 0 unspecified atom stereocenters. The van der Waals surface area contributed by atoms with Crippen molar-refractivity contribution in [3.63, 3.8) is 0 Å². The lowest BCUT2D eigenvalue weighted by molar-refractivity contribution is -0.127. The third kappa shape index (κ3) is 5.34. The minimum atomic E-state index is 0.265. The fourth-order valence-corrected chi connectivity index (χ4v) is 4.51. The van der Waals surface area contributed by atoms with E-state index in [1.807, 2.05) is 0 Å². The van der Waals surface area contributed by atoms with Gasteiger partial charge in [-0.3, -0.25) is 4.79 Å². The van der Waals surface area contributed by atoms with Crippen LogP contribution in [0.5, 0.6) is 0 Å². The number of hydrogen-bond donors (Lipinski definition) is 1. The summed E-state index contributed by atoms with van der Waals surface area (Å²) in [5.74, 6) is 1.45. The molecule has 0 aromatic carbocycles. The van der Waals surface area contributed by atoms with E-state index in [1.165, 1.54) is 64.3 Å². The van der Waals surface area contributed by atoms with Crippen molar-refractivity contribution in [2.75, 3.05) is 19.6 Å². The number of likely N-dealkylation sites (tertiary alicyclic amines) is 1. The van der Waals surface area contributed by atoms with Crippen molar-refractivity contribution in [1.29, 1.82) is 0 Å². The summed E-state index contributed by atoms with van der Waals surface area (Å²) in [6.07, 6.45) is 18.3. The van der Waals surface area contributed by atoms with Crippen LogP contribution in [0.25, 0.3) is 0 Å². The molecule has 1 saturated carbocycles. The predicted octanol–water partition coefficient (Wildman–Crippen LogP) is 3.89. The molecule has 1 saturated heterocycles. The van der Waals surface area contributed by atoms with Gasteiger partial charge in [-0.1, -0.05) is 37.8 Å². The number of allylic oxidation sites excluding steroid dienone is 2. The lowest BCUT2D eigenvalue weighted by Gasteiger charge is -2.34. The Balaban J connectivity index is 1.37. The number of rotatable bonds is 4. The highest BCUT2D eigenvalue weighted by atomic mass is 16.1. The molecule has 1 N–H and O–H groups in total. The number of piperidine rings is 1. The summed E-state index contributed by atoms with van der Waals surface area (Å²) < 4.78 is 0. The number of carbonyl (C=O) groups excluding carboxylic acids is 1. The molecule has 3 heteroatoms. The second kappa shape index (κ2) is 8.86. The van der Waals surface area contributed by atoms with Crippen LogP contribution in [-0.4, -0.2) is 36.5 Å². The van der Waals surface area contributed by atoms with Gasteiger partial charge in [-0.25, -0.2) is 0 Å². The topological polar surface area (TPSA) is 32.3 Å². The Morgan fingerprint density at radius 2 is 1.70 bits per heavy atom. The molecule has 1 amide bonds. The van der Waals surface area contributed by atoms with Gasteiger partial charge >= 0.3 is 0 Å². The van der Waals surface area contributed by atoms with E-state index >= 15 is 0 Å². The average molecular weight is 319 g/mol. The Kier molecular flexibility index (Phi) is 6.56. The first-order chi connectivity index (χ1) is 11.3. The Bertz CT molecular complexity index is 390. The minimum Gasteiger partial charge on any atom is -0.353 e. The fraction of sp³-hybridized carbons (Fsp3) is 0.850. The molecule has 0 aromatic rings. The molecule has 3 aliphatic rings. The summed E-state index contributed by atoms with van der Waals surface area (Å²) >= 11 is 0. The zero-order valence-electron chi connectivity index (χ0n) is 14.6. The molecule has 1 heterocycles. The van der Waals surface area contributed by atoms with Crippen LogP contribution in [0.15, 0.2) is 12.2 Å². The standard InChI is InChI=1S/C20H34N2O/c23-20(21-19-10-6-1-2-7-11-19)18-12-14-22(15-13-18)16-17-8-4-3-5-9-17/h3-4,17-19H,1-2,5-16H2,(H,21,23)/t17-/m1/s1. The third-order valence-electron chi connectivity index (χ3n) is 6.05. The first-order valence-corrected chi connectivity index (χ1v) is 9.99. The van der Waals surface area contributed by atoms with E-state index in [0.717, 1.165) is 31.8 Å². The van der Waals surface area contributed by atoms with Gasteiger partial charge in [-0.05, 0) is 64.0 Å². The molecule has 0 radical (unpaired) electrons. The number of nitrogens with one attached hydrogen (secondary N) is 1. The van der Waals surface area contributed by atoms with Crippen LogP contribution < -0.4 is 5.32 Å². The van der Waals surface area contributed by atoms with Crippen LogP contribution in [-0.2, 0) is 4.79 Å². The summed E-state index contributed by atoms with van der Waals surface area (Å²) in [6, 6.07) is 0.456. The van der Waals surface area contributed by atoms with E-state index in [-0.39, 0.29) is 5.92 Å². The third-order valence-corrected chi connectivity index (χ3v) is 6.05. The summed E-state index contributed by atoms with van der Waals surface area (Å²) in [5, 5.41) is 3.36. The monoisotopic (exact) mass is 318 g/mol. The highest BCUT2D eigenvalue weighted by molar-refractivity contribution is 5.79. The zero-order chi connectivity index (χ0) is 15.9. The number of hydrogen-bond acceptors (Lipinski definition) is 2. The molecule has 1 atom stereocenters. The molecule has 2 fully saturated rings. The van der Waals surface area contributed by atoms with Gasteiger partial charge in [0.25, 0.3) is 0 Å². The number of nitrogens with zero attached hydrogens (tertiary/aromatic N) is 1. The van der Waals surface area contributed by atoms with Crippen LogP contribution in [0.3, 0.4) is 0 Å². The summed E-state index contributed by atoms with van der Waals surface area (Å²) in [4.78, 5) is 15.1. The highest BCUT2D eigenvalue weighted by Crippen LogP contribution is 2.24. The molecule has 0 aromatic heterocycles. The molecular formula is C20H34N2O. The minimum absolute atomic E-state index is 0.265. The maximum atomic E-state index is 12.5. The van der Waals surface area contributed by atoms with Gasteiger partial charge in [-0.15, -0.1) is 0 Å². The molecule has 1 aliphatic heterocycles. The summed E-state index contributed by atoms with van der Waals surface area (Å²) in [6.45, 7) is 3.47. The highest BCUT2D eigenvalue weighted by Gasteiger charge is 2.27. The SMILES string of the molecule is O=C(NC1CCCCCC1)C1CCN(C[C@@H]2CC=CCC2)CC1. The molecule has 0 bridgehead atoms. The van der Waals surface area contributed by atoms with Gasteiger partial charge in [-0.2, -0.15) is 0 Å². The molecule has 3 nitrogen and oxygen atoms in total. The van der Waals surface area contributed by atoms with Crippen molar-refractivity contribution in [3.05, 3.63) is 12.2 Å². The van der Waals surface area contributed by atoms with Crippen molar-refractivity contribution in [3.8, 4) is 0 Å². The molecule has 3 rings (SSSR count). The van der Waals surface area contributed by atoms with E-state index < -0.39 is 0 Å². The van der Waals surface area contributed by atoms with Gasteiger partial charge in [0.1, 0.15) is 0 Å². The van der Waals surface area contributed by atoms with Crippen molar-refractivity contribution >= 4 is 5.91 Å². The molecule has 2 aliphatic carbocycles. The Morgan fingerprint density at radius 1 is 0.957 bits per heavy atom. The smallest absolute Gasteiger partial charge is 0.223 e. The molecule has 23 heavy (non-hydrogen) atoms. The van der Waals surface area contributed by atoms with E-state index in [1.54, 1.807) is 0 Å². The lowest BCUT2D eigenvalue weighted by Crippen LogP contribution is -2.44. The zero-order valence-corrected chi connectivity index (χ0v) is 14.6. The van der Waals surface area contributed by atoms with Crippen LogP contribution >= 0.6 is 0 Å². The van der Waals surface area contributed by atoms with Crippen LogP contribution in [0.2, 0.25) is 0 Å². The largest absolute Gasteiger partial charge is 0.353 e. The maximum absolute atomic E-state index is 12.5. The van der Waals surface area contributed by atoms with E-state index in [0.29, 0.717) is 11.9 Å². The number of carbonyl (C=O) groups is 1. The average Bonchev–Trinajstić information content (AvgIpc) is 2.85. The van der Waals surface area contributed by atoms with Gasteiger partial charge in [0.2, 0.25) is 5.91 Å². The van der Waals surface area contributed by atoms with Gasteiger partial charge in [0.05, 0.1) is 0 Å². The summed E-state index contributed by atoms with van der Waals surface area (Å²) in [5.41, 5.74) is 0. The van der Waals surface area contributed by atoms with Crippen molar-refractivity contribution in [1.82, 2.24) is 10.2 Å². The number of amides is 1. The first-order valence-electron chi connectivity index (χ1n) is 9.99. The van der Waals surface area contributed by atoms with Crippen LogP contribution in [0.4, 0.5) is 0 Å². The normalized spacial score (nSPS) is 28.4. The van der Waals surface area contributed by atoms with Gasteiger partial charge < -0.3 is 10.2 Å². The Hall–Kier alpha value is -0.830. The van der Waals surface area contributed by atoms with Gasteiger partial charge in [0.15, 0.2) is 0 Å². The predicted molar refractivity (Wildman–Crippen MR) is 95.3 cm³/mol. The lowest BCUT2D eigenvalue weighted by atomic mass is 9.91. The second-order valence-corrected chi connectivity index (χ2v) is 7.92. The fourth-order valence-electron chi connectivity index (χ4n) is 4.51. The Morgan fingerprint density at radius 3 is 2.35 bits per heavy atom. The second-order valence-electron chi connectivity index (χ2n) is 7.92. The van der Waals surface area contributed by atoms with Crippen molar-refractivity contribution < 1.29 is 4.79 Å². The molecule has 0 spiro atoms. The molecule has 130 valence electrons. The summed E-state index contributed by atoms with van der Waals surface area (Å²) in [7, 11) is 0. The maximum Gasteiger partial charge on any atom is 0.223 e. The molecular weight excluding hydrogens is 284 g/mol. The van der Waals surface area contributed by atoms with Crippen molar-refractivity contribution in [2.24, 2.45) is 11.8 Å². The first kappa shape index (κ1) is 17.0. The van der Waals surface area contributed by atoms with Gasteiger partial charge in [0, 0.05) is 18.5 Å². The Labute approximate surface area is 141 Å². The van der Waals surface area contributed by atoms with E-state index in [4.69, 9.17) is 0 Å². The van der Waals surface area contributed by atoms with Crippen molar-refractivity contribution in [2.45, 2.75) is 76.7 Å². The van der Waals surface area contributed by atoms with E-state index in [2.05, 4.69) is 22.4 Å².